The summed E-state index contributed by atoms with van der Waals surface area (Å²) in [6.45, 7) is 1.15. The minimum Gasteiger partial charge on any atom is -0.497 e. The highest BCUT2D eigenvalue weighted by Gasteiger charge is 2.44. The van der Waals surface area contributed by atoms with Crippen molar-refractivity contribution in [2.45, 2.75) is 37.3 Å². The number of amides is 1. The third-order valence-electron chi connectivity index (χ3n) is 5.29. The van der Waals surface area contributed by atoms with Gasteiger partial charge >= 0.3 is 0 Å². The van der Waals surface area contributed by atoms with Gasteiger partial charge < -0.3 is 20.4 Å². The molecule has 1 aromatic carbocycles. The van der Waals surface area contributed by atoms with Gasteiger partial charge in [-0.3, -0.25) is 4.79 Å². The first-order chi connectivity index (χ1) is 11.6. The van der Waals surface area contributed by atoms with Crippen LogP contribution in [0.1, 0.15) is 42.1 Å². The van der Waals surface area contributed by atoms with Crippen LogP contribution in [0.5, 0.6) is 5.75 Å². The van der Waals surface area contributed by atoms with Crippen LogP contribution in [0, 0.1) is 0 Å². The summed E-state index contributed by atoms with van der Waals surface area (Å²) in [5.41, 5.74) is 8.69. The fourth-order valence-electron chi connectivity index (χ4n) is 3.68. The Morgan fingerprint density at radius 3 is 3.00 bits per heavy atom. The Labute approximate surface area is 141 Å². The molecule has 2 aromatic rings. The molecule has 1 amide bonds. The molecule has 24 heavy (non-hydrogen) atoms. The summed E-state index contributed by atoms with van der Waals surface area (Å²) in [6, 6.07) is 7.96. The molecule has 6 heteroatoms. The average Bonchev–Trinajstić information content (AvgIpc) is 3.06. The van der Waals surface area contributed by atoms with Crippen LogP contribution in [-0.4, -0.2) is 40.0 Å². The van der Waals surface area contributed by atoms with Crippen molar-refractivity contribution in [1.82, 2.24) is 14.9 Å². The van der Waals surface area contributed by atoms with Gasteiger partial charge in [0.25, 0.3) is 0 Å². The molecule has 3 N–H and O–H groups in total. The Balaban J connectivity index is 1.67. The number of aromatic nitrogens is 2. The van der Waals surface area contributed by atoms with Crippen LogP contribution in [0.2, 0.25) is 0 Å². The summed E-state index contributed by atoms with van der Waals surface area (Å²) in [5, 5.41) is 0. The molecule has 1 aliphatic heterocycles. The van der Waals surface area contributed by atoms with E-state index in [9.17, 15) is 4.79 Å². The summed E-state index contributed by atoms with van der Waals surface area (Å²) in [7, 11) is 1.66. The van der Waals surface area contributed by atoms with E-state index in [0.717, 1.165) is 42.0 Å². The zero-order chi connectivity index (χ0) is 16.7. The number of imidazole rings is 1. The fraction of sp³-hybridized carbons (Fsp3) is 0.444. The highest BCUT2D eigenvalue weighted by Crippen LogP contribution is 2.37. The Kier molecular flexibility index (Phi) is 3.57. The molecule has 1 aliphatic carbocycles. The molecule has 126 valence electrons. The molecule has 0 radical (unpaired) electrons. The summed E-state index contributed by atoms with van der Waals surface area (Å²) in [4.78, 5) is 22.4. The number of hydrogen-bond donors (Lipinski definition) is 2. The van der Waals surface area contributed by atoms with Gasteiger partial charge in [-0.1, -0.05) is 12.1 Å². The van der Waals surface area contributed by atoms with Gasteiger partial charge in [0.05, 0.1) is 36.9 Å². The molecule has 4 rings (SSSR count). The molecule has 1 saturated carbocycles. The topological polar surface area (TPSA) is 84.2 Å². The summed E-state index contributed by atoms with van der Waals surface area (Å²) < 4.78 is 5.34. The molecule has 2 aliphatic rings. The number of methoxy groups -OCH3 is 1. The Morgan fingerprint density at radius 2 is 2.29 bits per heavy atom. The van der Waals surface area contributed by atoms with E-state index in [1.807, 2.05) is 23.1 Å². The number of aromatic amines is 1. The third-order valence-corrected chi connectivity index (χ3v) is 5.29. The van der Waals surface area contributed by atoms with Crippen molar-refractivity contribution in [2.75, 3.05) is 13.7 Å². The predicted molar refractivity (Wildman–Crippen MR) is 89.6 cm³/mol. The Bertz CT molecular complexity index is 766. The van der Waals surface area contributed by atoms with E-state index in [4.69, 9.17) is 10.5 Å². The van der Waals surface area contributed by atoms with Crippen LogP contribution in [0.3, 0.4) is 0 Å². The maximum atomic E-state index is 12.9. The van der Waals surface area contributed by atoms with E-state index in [1.54, 1.807) is 13.4 Å². The molecule has 0 bridgehead atoms. The third kappa shape index (κ3) is 2.38. The van der Waals surface area contributed by atoms with Gasteiger partial charge in [-0.15, -0.1) is 0 Å². The zero-order valence-electron chi connectivity index (χ0n) is 13.8. The van der Waals surface area contributed by atoms with Crippen LogP contribution in [0.15, 0.2) is 30.6 Å². The lowest BCUT2D eigenvalue weighted by atomic mass is 9.76. The first-order valence-electron chi connectivity index (χ1n) is 8.35. The van der Waals surface area contributed by atoms with E-state index < -0.39 is 5.54 Å². The van der Waals surface area contributed by atoms with Gasteiger partial charge in [-0.2, -0.15) is 0 Å². The van der Waals surface area contributed by atoms with E-state index in [1.165, 1.54) is 0 Å². The average molecular weight is 326 g/mol. The van der Waals surface area contributed by atoms with Crippen molar-refractivity contribution in [2.24, 2.45) is 5.73 Å². The first-order valence-corrected chi connectivity index (χ1v) is 8.35. The lowest BCUT2D eigenvalue weighted by Crippen LogP contribution is -2.60. The van der Waals surface area contributed by atoms with Crippen molar-refractivity contribution in [3.8, 4) is 5.75 Å². The normalized spacial score (nSPS) is 21.8. The van der Waals surface area contributed by atoms with Gasteiger partial charge in [-0.25, -0.2) is 4.98 Å². The number of nitrogens with one attached hydrogen (secondary N) is 1. The smallest absolute Gasteiger partial charge is 0.243 e. The van der Waals surface area contributed by atoms with Crippen molar-refractivity contribution >= 4 is 5.91 Å². The number of fused-ring (bicyclic) bond motifs is 1. The number of hydrogen-bond acceptors (Lipinski definition) is 4. The number of rotatable bonds is 3. The number of benzene rings is 1. The maximum absolute atomic E-state index is 12.9. The fourth-order valence-corrected chi connectivity index (χ4v) is 3.68. The van der Waals surface area contributed by atoms with Crippen LogP contribution in [0.25, 0.3) is 0 Å². The number of carbonyl (C=O) groups excluding carboxylic acids is 1. The molecule has 6 nitrogen and oxygen atoms in total. The SMILES string of the molecule is COc1cccc(C2CN(C(=O)C3(N)CCC3)Cc3[nH]cnc32)c1. The molecule has 2 heterocycles. The summed E-state index contributed by atoms with van der Waals surface area (Å²) in [6.07, 6.45) is 4.29. The second-order valence-corrected chi connectivity index (χ2v) is 6.79. The van der Waals surface area contributed by atoms with E-state index in [0.29, 0.717) is 13.1 Å². The lowest BCUT2D eigenvalue weighted by Gasteiger charge is -2.42. The van der Waals surface area contributed by atoms with E-state index >= 15 is 0 Å². The van der Waals surface area contributed by atoms with Crippen molar-refractivity contribution in [3.05, 3.63) is 47.5 Å². The van der Waals surface area contributed by atoms with Crippen LogP contribution < -0.4 is 10.5 Å². The molecule has 1 unspecified atom stereocenters. The van der Waals surface area contributed by atoms with E-state index in [2.05, 4.69) is 16.0 Å². The number of ether oxygens (including phenoxy) is 1. The van der Waals surface area contributed by atoms with Crippen LogP contribution in [0.4, 0.5) is 0 Å². The second-order valence-electron chi connectivity index (χ2n) is 6.79. The van der Waals surface area contributed by atoms with Gasteiger partial charge in [0.2, 0.25) is 5.91 Å². The quantitative estimate of drug-likeness (QED) is 0.900. The van der Waals surface area contributed by atoms with Crippen molar-refractivity contribution in [1.29, 1.82) is 0 Å². The van der Waals surface area contributed by atoms with Crippen LogP contribution >= 0.6 is 0 Å². The molecular formula is C18H22N4O2. The van der Waals surface area contributed by atoms with Crippen molar-refractivity contribution < 1.29 is 9.53 Å². The second kappa shape index (κ2) is 5.63. The highest BCUT2D eigenvalue weighted by molar-refractivity contribution is 5.87. The zero-order valence-corrected chi connectivity index (χ0v) is 13.8. The Hall–Kier alpha value is -2.34. The largest absolute Gasteiger partial charge is 0.497 e. The van der Waals surface area contributed by atoms with Gasteiger partial charge in [-0.05, 0) is 37.0 Å². The molecular weight excluding hydrogens is 304 g/mol. The van der Waals surface area contributed by atoms with Gasteiger partial charge in [0.15, 0.2) is 0 Å². The standard InChI is InChI=1S/C18H22N4O2/c1-24-13-5-2-4-12(8-13)14-9-22(10-15-16(14)21-11-20-15)17(23)18(19)6-3-7-18/h2,4-5,8,11,14H,3,6-7,9-10,19H2,1H3,(H,20,21). The first kappa shape index (κ1) is 15.2. The summed E-state index contributed by atoms with van der Waals surface area (Å²) in [5.74, 6) is 0.895. The monoisotopic (exact) mass is 326 g/mol. The molecule has 0 spiro atoms. The van der Waals surface area contributed by atoms with Crippen molar-refractivity contribution in [3.63, 3.8) is 0 Å². The number of H-pyrrole nitrogens is 1. The van der Waals surface area contributed by atoms with Crippen LogP contribution in [-0.2, 0) is 11.3 Å². The molecule has 1 fully saturated rings. The van der Waals surface area contributed by atoms with Gasteiger partial charge in [0.1, 0.15) is 5.75 Å². The lowest BCUT2D eigenvalue weighted by molar-refractivity contribution is -0.141. The molecule has 0 saturated heterocycles. The Morgan fingerprint density at radius 1 is 1.46 bits per heavy atom. The number of carbonyl (C=O) groups is 1. The van der Waals surface area contributed by atoms with E-state index in [-0.39, 0.29) is 11.8 Å². The molecule has 1 aromatic heterocycles. The molecule has 1 atom stereocenters. The minimum absolute atomic E-state index is 0.0303. The highest BCUT2D eigenvalue weighted by atomic mass is 16.5. The minimum atomic E-state index is -0.670. The van der Waals surface area contributed by atoms with Gasteiger partial charge in [0, 0.05) is 12.5 Å². The maximum Gasteiger partial charge on any atom is 0.243 e. The summed E-state index contributed by atoms with van der Waals surface area (Å²) >= 11 is 0. The number of nitrogens with two attached hydrogens (primary N) is 1. The predicted octanol–water partition coefficient (Wildman–Crippen LogP) is 1.77. The number of nitrogens with zero attached hydrogens (tertiary/aromatic N) is 2.